The summed E-state index contributed by atoms with van der Waals surface area (Å²) in [6.07, 6.45) is 12.5. The van der Waals surface area contributed by atoms with Crippen LogP contribution < -0.4 is 53.8 Å². The lowest BCUT2D eigenvalue weighted by Crippen LogP contribution is -2.55. The molecule has 8 aromatic carbocycles. The van der Waals surface area contributed by atoms with Crippen molar-refractivity contribution in [1.29, 1.82) is 0 Å². The number of aliphatic hydroxyl groups excluding tert-OH is 2. The van der Waals surface area contributed by atoms with Gasteiger partial charge in [-0.2, -0.15) is 0 Å². The number of carbonyl (C=O) groups is 3. The van der Waals surface area contributed by atoms with Gasteiger partial charge in [0.1, 0.15) is 63.1 Å². The zero-order valence-corrected chi connectivity index (χ0v) is 93.2. The summed E-state index contributed by atoms with van der Waals surface area (Å²) in [5, 5.41) is 92.8. The number of aliphatic hydroxyl groups is 7. The number of rotatable bonds is 21. The topological polar surface area (TPSA) is 377 Å². The molecule has 788 valence electrons. The minimum absolute atomic E-state index is 0.108. The summed E-state index contributed by atoms with van der Waals surface area (Å²) in [5.74, 6) is -5.77. The lowest BCUT2D eigenvalue weighted by Gasteiger charge is -2.42. The quantitative estimate of drug-likeness (QED) is 0.0236. The number of benzene rings is 8. The van der Waals surface area contributed by atoms with E-state index in [-0.39, 0.29) is 70.8 Å². The molecule has 4 aromatic heterocycles. The second-order valence-corrected chi connectivity index (χ2v) is 46.7. The number of amides is 1. The molecular weight excluding hydrogens is 2170 g/mol. The Labute approximate surface area is 908 Å². The summed E-state index contributed by atoms with van der Waals surface area (Å²) >= 11 is 14.1. The fraction of sp³-hybridized carbons (Fsp3) is 0.390. The summed E-state index contributed by atoms with van der Waals surface area (Å²) in [5.41, 5.74) is -6.09. The van der Waals surface area contributed by atoms with Crippen molar-refractivity contribution in [2.75, 3.05) is 69.0 Å². The Morgan fingerprint density at radius 3 is 0.880 bits per heavy atom. The molecule has 20 atom stereocenters. The largest absolute Gasteiger partial charge is 0.495 e. The first-order valence-electron chi connectivity index (χ1n) is 49.5. The molecule has 12 aromatic rings. The molecule has 8 aliphatic rings. The molecule has 10 N–H and O–H groups in total. The molecule has 1 amide bonds. The Hall–Kier alpha value is -11.8. The summed E-state index contributed by atoms with van der Waals surface area (Å²) in [4.78, 5) is 62.2. The highest BCUT2D eigenvalue weighted by atomic mass is 79.9. The van der Waals surface area contributed by atoms with Gasteiger partial charge in [0.2, 0.25) is 11.5 Å². The van der Waals surface area contributed by atoms with Gasteiger partial charge >= 0.3 is 11.9 Å². The minimum atomic E-state index is -2.06. The van der Waals surface area contributed by atoms with E-state index in [2.05, 4.69) is 170 Å². The Balaban J connectivity index is 0.000000140. The van der Waals surface area contributed by atoms with Crippen LogP contribution >= 0.6 is 63.7 Å². The molecule has 4 aliphatic heterocycles. The van der Waals surface area contributed by atoms with Gasteiger partial charge in [-0.3, -0.25) is 34.3 Å². The number of aromatic nitrogens is 4. The fourth-order valence-electron chi connectivity index (χ4n) is 24.6. The maximum absolute atomic E-state index is 14.3. The number of ether oxygens (including phenoxy) is 10. The van der Waals surface area contributed by atoms with Crippen LogP contribution in [0.25, 0.3) is 4.85 Å². The standard InChI is InChI=1S/C30H31BrN2O6.2C29H33BrN2O4.C26H21BrN2O5.C4H10O/c1-28(2,3)33-26(34)25-22(27(35)38-5)23(17-9-7-6-8-10-17)30(18-11-13-19(31)14-12-18)29(25,36)24-20(37-4)15-32-16-21(24)39-30;2*1-27(2,3)32-14-22-21(17-33)25(18-8-6-5-7-9-18)29(19-10-12-20(30)13-11-19)28(22,34)26-23(35-4)15-31-16-24(26)36-29;1-28-23-20(24(30)33-3)21(15-7-5-4-6-8-15)26(16-9-11-17(27)12-10-16)25(23,31)22-18(32-2)13-29-14-19(22)34-26;1-4(2,3)5/h6-16,22-23,25,36H,1-5H3,(H,33,34);2*5-13,15-16,21-22,25,32-34H,14,17H2,1-4H3;4-14,20-21,23,31H,2-3H3;5H,1-3H3/t22-,23-,25-,29+,30+;2*21-,22-,25+,28+,29-;20-,21-,23+,25+,26+;/m1001./s1. The first-order valence-corrected chi connectivity index (χ1v) is 52.7. The third kappa shape index (κ3) is 18.9. The SMILES string of the molecule is CC(C)(C)O.COC(=O)[C@@H]1[C@@H](c2ccccc2)[C@]2(c3ccc(Br)cc3)Oc3cncc(OC)c3[C@]2(O)[C@H]1C(=O)NC(C)(C)C.COc1cncc2c1[C@]1(O)[C@@H](CNC(C)(C)C)[C@H](CO)[C@@H](c3ccccc3)[C@]1(c1ccc(Br)cc1)O2.COc1cncc2c1[C@]1(O)[C@@H](CNC(C)(C)C)[C@H](CO)[C@@H](c3ccccc3)[C@]1(c1ccc(Br)cc1)O2.[C-]#[N+][C@H]1[C@H](C(=O)OC)[C@@H](c2ccccc2)[C@]2(c3ccc(Br)cc3)Oc3cncc(OC)c3[C@]12O. The molecule has 0 saturated heterocycles. The van der Waals surface area contributed by atoms with Gasteiger partial charge in [-0.1, -0.05) is 234 Å². The van der Waals surface area contributed by atoms with E-state index in [1.807, 2.05) is 215 Å². The lowest BCUT2D eigenvalue weighted by molar-refractivity contribution is -0.159. The summed E-state index contributed by atoms with van der Waals surface area (Å²) in [6, 6.07) is 68.0. The highest BCUT2D eigenvalue weighted by Crippen LogP contribution is 2.77. The third-order valence-corrected chi connectivity index (χ3v) is 32.1. The van der Waals surface area contributed by atoms with Crippen molar-refractivity contribution in [2.45, 2.75) is 180 Å². The molecule has 4 saturated carbocycles. The molecule has 20 rings (SSSR count). The summed E-state index contributed by atoms with van der Waals surface area (Å²) < 4.78 is 64.0. The summed E-state index contributed by atoms with van der Waals surface area (Å²) in [6.45, 7) is 32.2. The van der Waals surface area contributed by atoms with Crippen molar-refractivity contribution in [3.63, 3.8) is 0 Å². The second-order valence-electron chi connectivity index (χ2n) is 43.1. The van der Waals surface area contributed by atoms with Gasteiger partial charge in [-0.05, 0) is 176 Å². The van der Waals surface area contributed by atoms with Crippen LogP contribution in [-0.2, 0) is 68.7 Å². The van der Waals surface area contributed by atoms with Gasteiger partial charge in [-0.15, -0.1) is 0 Å². The number of hydrogen-bond acceptors (Lipinski definition) is 26. The van der Waals surface area contributed by atoms with Crippen LogP contribution in [0.4, 0.5) is 0 Å². The maximum atomic E-state index is 14.3. The smallest absolute Gasteiger partial charge is 0.317 e. The Morgan fingerprint density at radius 2 is 0.620 bits per heavy atom. The van der Waals surface area contributed by atoms with Crippen molar-refractivity contribution in [3.8, 4) is 46.0 Å². The van der Waals surface area contributed by atoms with Crippen LogP contribution in [0.3, 0.4) is 0 Å². The first-order chi connectivity index (χ1) is 71.3. The van der Waals surface area contributed by atoms with E-state index in [1.165, 1.54) is 53.2 Å². The van der Waals surface area contributed by atoms with Gasteiger partial charge in [0.15, 0.2) is 28.0 Å². The molecule has 8 heterocycles. The van der Waals surface area contributed by atoms with E-state index in [0.29, 0.717) is 75.2 Å². The number of carbonyl (C=O) groups excluding carboxylic acids is 3. The van der Waals surface area contributed by atoms with Gasteiger partial charge in [0.25, 0.3) is 6.04 Å². The minimum Gasteiger partial charge on any atom is -0.495 e. The number of esters is 2. The summed E-state index contributed by atoms with van der Waals surface area (Å²) in [7, 11) is 8.66. The molecule has 0 bridgehead atoms. The first kappa shape index (κ1) is 111. The van der Waals surface area contributed by atoms with Gasteiger partial charge < -0.3 is 104 Å². The Morgan fingerprint density at radius 1 is 0.367 bits per heavy atom. The van der Waals surface area contributed by atoms with Gasteiger partial charge in [0, 0.05) is 102 Å². The molecular formula is C118H128Br4N8O20. The highest BCUT2D eigenvalue weighted by Gasteiger charge is 2.84. The molecule has 0 radical (unpaired) electrons. The van der Waals surface area contributed by atoms with E-state index in [9.17, 15) is 45.0 Å². The number of pyridine rings is 4. The van der Waals surface area contributed by atoms with Crippen LogP contribution in [0, 0.1) is 48.0 Å². The van der Waals surface area contributed by atoms with Gasteiger partial charge in [0.05, 0.1) is 138 Å². The average Bonchev–Trinajstić information content (AvgIpc) is 1.51. The molecule has 4 aliphatic carbocycles. The fourth-order valence-corrected chi connectivity index (χ4v) is 25.7. The van der Waals surface area contributed by atoms with E-state index in [4.69, 9.17) is 59.0 Å². The van der Waals surface area contributed by atoms with E-state index >= 15 is 0 Å². The zero-order chi connectivity index (χ0) is 108. The van der Waals surface area contributed by atoms with Crippen molar-refractivity contribution >= 4 is 81.6 Å². The molecule has 0 spiro atoms. The van der Waals surface area contributed by atoms with Crippen molar-refractivity contribution in [2.24, 2.45) is 41.4 Å². The number of hydrogen-bond donors (Lipinski definition) is 10. The van der Waals surface area contributed by atoms with E-state index in [0.717, 1.165) is 45.7 Å². The lowest BCUT2D eigenvalue weighted by atomic mass is 9.69. The van der Waals surface area contributed by atoms with E-state index in [1.54, 1.807) is 59.8 Å². The molecule has 0 unspecified atom stereocenters. The molecule has 150 heavy (non-hydrogen) atoms. The van der Waals surface area contributed by atoms with Crippen molar-refractivity contribution < 1.29 is 97.5 Å². The zero-order valence-electron chi connectivity index (χ0n) is 86.8. The highest BCUT2D eigenvalue weighted by molar-refractivity contribution is 9.11. The molecule has 4 fully saturated rings. The van der Waals surface area contributed by atoms with Crippen LogP contribution in [0.5, 0.6) is 46.0 Å². The maximum Gasteiger partial charge on any atom is 0.317 e. The monoisotopic (exact) mass is 2290 g/mol. The number of methoxy groups -OCH3 is 6. The van der Waals surface area contributed by atoms with Crippen LogP contribution in [0.1, 0.15) is 174 Å². The Kier molecular flexibility index (Phi) is 31.8. The van der Waals surface area contributed by atoms with E-state index < -0.39 is 121 Å². The average molecular weight is 2300 g/mol. The predicted molar refractivity (Wildman–Crippen MR) is 580 cm³/mol. The van der Waals surface area contributed by atoms with Crippen LogP contribution in [0.15, 0.2) is 286 Å². The normalized spacial score (nSPS) is 27.9. The second kappa shape index (κ2) is 43.0. The molecule has 28 nitrogen and oxygen atoms in total. The van der Waals surface area contributed by atoms with Crippen molar-refractivity contribution in [3.05, 3.63) is 364 Å². The Bertz CT molecular complexity index is 6690. The molecule has 32 heteroatoms. The third-order valence-electron chi connectivity index (χ3n) is 30.0. The number of halogens is 4. The predicted octanol–water partition coefficient (Wildman–Crippen LogP) is 18.9. The van der Waals surface area contributed by atoms with Crippen LogP contribution in [-0.4, -0.2) is 171 Å². The van der Waals surface area contributed by atoms with Crippen molar-refractivity contribution in [1.82, 2.24) is 35.9 Å². The number of fused-ring (bicyclic) bond motifs is 12. The van der Waals surface area contributed by atoms with Crippen LogP contribution in [0.2, 0.25) is 0 Å². The number of nitrogens with zero attached hydrogens (tertiary/aromatic N) is 5. The number of nitrogens with one attached hydrogen (secondary N) is 3. The van der Waals surface area contributed by atoms with Gasteiger partial charge in [-0.25, -0.2) is 6.57 Å².